The zero-order valence-corrected chi connectivity index (χ0v) is 33.8. The monoisotopic (exact) mass is 768 g/mol. The highest BCUT2D eigenvalue weighted by Gasteiger charge is 2.18. The molecule has 0 saturated carbocycles. The lowest BCUT2D eigenvalue weighted by Gasteiger charge is -2.12. The number of benzene rings is 7. The number of aryl methyl sites for hydroxylation is 2. The molecule has 0 bridgehead atoms. The van der Waals surface area contributed by atoms with Gasteiger partial charge in [0, 0.05) is 53.3 Å². The summed E-state index contributed by atoms with van der Waals surface area (Å²) in [5, 5.41) is 5.17. The van der Waals surface area contributed by atoms with Crippen molar-refractivity contribution in [2.45, 2.75) is 52.4 Å². The Kier molecular flexibility index (Phi) is 9.60. The summed E-state index contributed by atoms with van der Waals surface area (Å²) in [6, 6.07) is 57.1. The molecule has 7 aromatic carbocycles. The third kappa shape index (κ3) is 6.65. The molecule has 5 heteroatoms. The number of hydrogen-bond acceptors (Lipinski definition) is 4. The van der Waals surface area contributed by atoms with Crippen molar-refractivity contribution < 1.29 is 0 Å². The van der Waals surface area contributed by atoms with Gasteiger partial charge in [-0.2, -0.15) is 0 Å². The van der Waals surface area contributed by atoms with Crippen LogP contribution in [0.25, 0.3) is 93.0 Å². The van der Waals surface area contributed by atoms with Gasteiger partial charge in [0.1, 0.15) is 0 Å². The van der Waals surface area contributed by atoms with Gasteiger partial charge in [-0.25, -0.2) is 15.0 Å². The molecule has 0 atom stereocenters. The predicted molar refractivity (Wildman–Crippen MR) is 246 cm³/mol. The second kappa shape index (κ2) is 15.5. The second-order valence-corrected chi connectivity index (χ2v) is 16.4. The number of aromatic nitrogens is 4. The van der Waals surface area contributed by atoms with Crippen LogP contribution in [-0.4, -0.2) is 19.5 Å². The fourth-order valence-electron chi connectivity index (χ4n) is 8.36. The van der Waals surface area contributed by atoms with E-state index in [0.29, 0.717) is 17.5 Å². The molecule has 10 rings (SSSR count). The van der Waals surface area contributed by atoms with Crippen LogP contribution in [0, 0.1) is 0 Å². The van der Waals surface area contributed by atoms with Crippen molar-refractivity contribution in [1.82, 2.24) is 19.5 Å². The minimum absolute atomic E-state index is 0.651. The van der Waals surface area contributed by atoms with Gasteiger partial charge in [0.15, 0.2) is 17.5 Å². The quantitative estimate of drug-likeness (QED) is 0.132. The lowest BCUT2D eigenvalue weighted by Crippen LogP contribution is -2.01. The van der Waals surface area contributed by atoms with Gasteiger partial charge >= 0.3 is 0 Å². The summed E-state index contributed by atoms with van der Waals surface area (Å²) >= 11 is 1.91. The molecule has 0 spiro atoms. The lowest BCUT2D eigenvalue weighted by molar-refractivity contribution is 0.795. The zero-order valence-electron chi connectivity index (χ0n) is 33.0. The van der Waals surface area contributed by atoms with E-state index in [2.05, 4.69) is 158 Å². The van der Waals surface area contributed by atoms with Gasteiger partial charge in [0.05, 0.1) is 11.0 Å². The Morgan fingerprint density at radius 3 is 1.86 bits per heavy atom. The number of rotatable bonds is 11. The molecule has 0 unspecified atom stereocenters. The molecule has 0 aliphatic rings. The van der Waals surface area contributed by atoms with Crippen LogP contribution in [0.2, 0.25) is 0 Å². The molecular weight excluding hydrogens is 725 g/mol. The van der Waals surface area contributed by atoms with Crippen LogP contribution in [0.3, 0.4) is 0 Å². The maximum atomic E-state index is 5.11. The van der Waals surface area contributed by atoms with Gasteiger partial charge in [0.25, 0.3) is 0 Å². The van der Waals surface area contributed by atoms with Crippen LogP contribution in [-0.2, 0) is 12.8 Å². The van der Waals surface area contributed by atoms with Gasteiger partial charge in [0.2, 0.25) is 0 Å². The fraction of sp³-hybridized carbons (Fsp3) is 0.151. The summed E-state index contributed by atoms with van der Waals surface area (Å²) in [4.78, 5) is 15.2. The van der Waals surface area contributed by atoms with Crippen molar-refractivity contribution in [2.75, 3.05) is 0 Å². The van der Waals surface area contributed by atoms with Gasteiger partial charge in [-0.15, -0.1) is 11.3 Å². The van der Waals surface area contributed by atoms with Crippen LogP contribution in [0.1, 0.15) is 50.7 Å². The summed E-state index contributed by atoms with van der Waals surface area (Å²) in [5.74, 6) is 1.99. The van der Waals surface area contributed by atoms with Crippen LogP contribution < -0.4 is 0 Å². The first kappa shape index (κ1) is 35.9. The smallest absolute Gasteiger partial charge is 0.164 e. The summed E-state index contributed by atoms with van der Waals surface area (Å²) < 4.78 is 5.08. The van der Waals surface area contributed by atoms with Gasteiger partial charge in [-0.05, 0) is 90.4 Å². The number of hydrogen-bond donors (Lipinski definition) is 0. The average Bonchev–Trinajstić information content (AvgIpc) is 3.83. The Bertz CT molecular complexity index is 3080. The first-order chi connectivity index (χ1) is 28.6. The van der Waals surface area contributed by atoms with E-state index in [1.54, 1.807) is 0 Å². The molecular formula is C53H44N4S. The topological polar surface area (TPSA) is 43.6 Å². The van der Waals surface area contributed by atoms with E-state index in [4.69, 9.17) is 15.0 Å². The maximum absolute atomic E-state index is 5.11. The molecule has 0 aliphatic heterocycles. The Balaban J connectivity index is 1.08. The molecule has 0 aliphatic carbocycles. The van der Waals surface area contributed by atoms with E-state index >= 15 is 0 Å². The number of unbranched alkanes of at least 4 members (excludes halogenated alkanes) is 2. The van der Waals surface area contributed by atoms with Gasteiger partial charge < -0.3 is 4.57 Å². The first-order valence-electron chi connectivity index (χ1n) is 20.6. The lowest BCUT2D eigenvalue weighted by atomic mass is 9.99. The van der Waals surface area contributed by atoms with Crippen molar-refractivity contribution in [3.05, 3.63) is 169 Å². The van der Waals surface area contributed by atoms with Gasteiger partial charge in [-0.3, -0.25) is 0 Å². The highest BCUT2D eigenvalue weighted by Crippen LogP contribution is 2.42. The predicted octanol–water partition coefficient (Wildman–Crippen LogP) is 14.7. The minimum Gasteiger partial charge on any atom is -0.309 e. The van der Waals surface area contributed by atoms with E-state index in [-0.39, 0.29) is 0 Å². The second-order valence-electron chi connectivity index (χ2n) is 15.3. The van der Waals surface area contributed by atoms with Crippen molar-refractivity contribution in [1.29, 1.82) is 0 Å². The van der Waals surface area contributed by atoms with E-state index in [1.165, 1.54) is 78.9 Å². The third-order valence-electron chi connectivity index (χ3n) is 11.4. The molecule has 4 nitrogen and oxygen atoms in total. The number of thiophene rings is 1. The largest absolute Gasteiger partial charge is 0.309 e. The molecule has 58 heavy (non-hydrogen) atoms. The fourth-order valence-corrected chi connectivity index (χ4v) is 9.58. The minimum atomic E-state index is 0.651. The molecule has 282 valence electrons. The first-order valence-corrected chi connectivity index (χ1v) is 21.5. The molecule has 10 aromatic rings. The number of fused-ring (bicyclic) bond motifs is 6. The Labute approximate surface area is 343 Å². The summed E-state index contributed by atoms with van der Waals surface area (Å²) in [5.41, 5.74) is 11.6. The average molecular weight is 769 g/mol. The van der Waals surface area contributed by atoms with Crippen molar-refractivity contribution >= 4 is 53.3 Å². The molecule has 0 radical (unpaired) electrons. The SMILES string of the molecule is CCCCc1ccc(-c2nc(-c3ccccc3)nc(-c3cccc(-n4c5ccccc5c5cc(-c6cccc7c6sc6ccc(CCCC)cc67)ccc54)c3)n2)cc1. The van der Waals surface area contributed by atoms with E-state index in [1.807, 2.05) is 29.5 Å². The molecule has 0 saturated heterocycles. The van der Waals surface area contributed by atoms with Crippen LogP contribution >= 0.6 is 11.3 Å². The molecule has 0 N–H and O–H groups in total. The Morgan fingerprint density at radius 1 is 0.448 bits per heavy atom. The van der Waals surface area contributed by atoms with E-state index < -0.39 is 0 Å². The van der Waals surface area contributed by atoms with Crippen molar-refractivity contribution in [3.63, 3.8) is 0 Å². The van der Waals surface area contributed by atoms with Crippen LogP contribution in [0.15, 0.2) is 158 Å². The standard InChI is InChI=1S/C53H44N4S/c1-3-5-14-35-24-27-38(28-25-35)52-54-51(37-16-8-7-9-17-37)55-53(56-52)40-18-12-19-41(33-40)57-47-23-11-10-20-43(47)45-34-39(29-30-48(45)57)42-21-13-22-44-46-32-36(15-6-4-2)26-31-49(46)58-50(42)44/h7-13,16-34H,3-6,14-15H2,1-2H3. The van der Waals surface area contributed by atoms with E-state index in [0.717, 1.165) is 46.3 Å². The maximum Gasteiger partial charge on any atom is 0.164 e. The summed E-state index contributed by atoms with van der Waals surface area (Å²) in [6.07, 6.45) is 7.00. The van der Waals surface area contributed by atoms with Crippen LogP contribution in [0.5, 0.6) is 0 Å². The highest BCUT2D eigenvalue weighted by atomic mass is 32.1. The molecule has 3 aromatic heterocycles. The number of nitrogens with zero attached hydrogens (tertiary/aromatic N) is 4. The highest BCUT2D eigenvalue weighted by molar-refractivity contribution is 7.26. The summed E-state index contributed by atoms with van der Waals surface area (Å²) in [7, 11) is 0. The Morgan fingerprint density at radius 2 is 1.07 bits per heavy atom. The Hall–Kier alpha value is -6.43. The molecule has 0 amide bonds. The summed E-state index contributed by atoms with van der Waals surface area (Å²) in [6.45, 7) is 4.49. The van der Waals surface area contributed by atoms with Crippen molar-refractivity contribution in [2.24, 2.45) is 0 Å². The van der Waals surface area contributed by atoms with Crippen molar-refractivity contribution in [3.8, 4) is 51.0 Å². The number of para-hydroxylation sites is 1. The molecule has 0 fully saturated rings. The van der Waals surface area contributed by atoms with Gasteiger partial charge in [-0.1, -0.05) is 142 Å². The zero-order chi connectivity index (χ0) is 39.0. The molecule has 3 heterocycles. The third-order valence-corrected chi connectivity index (χ3v) is 12.6. The van der Waals surface area contributed by atoms with Crippen LogP contribution in [0.4, 0.5) is 0 Å². The van der Waals surface area contributed by atoms with E-state index in [9.17, 15) is 0 Å². The normalized spacial score (nSPS) is 11.7.